The molecule has 1 atom stereocenters. The third kappa shape index (κ3) is 3.17. The van der Waals surface area contributed by atoms with Crippen molar-refractivity contribution in [3.05, 3.63) is 48.0 Å². The van der Waals surface area contributed by atoms with Crippen LogP contribution in [0.5, 0.6) is 0 Å². The standard InChI is InChI=1S/C14H18N2O/c1-3-8-15-10-13-9-14(16-17-13)12-6-4-11(2)5-7-12/h3-7,13,15H,1,8-10H2,2H3/t13-/m1/s1. The molecule has 0 radical (unpaired) electrons. The Bertz CT molecular complexity index is 409. The van der Waals surface area contributed by atoms with Crippen LogP contribution in [0, 0.1) is 6.92 Å². The lowest BCUT2D eigenvalue weighted by Crippen LogP contribution is -2.27. The highest BCUT2D eigenvalue weighted by Crippen LogP contribution is 2.16. The first-order chi connectivity index (χ1) is 8.29. The van der Waals surface area contributed by atoms with E-state index >= 15 is 0 Å². The number of benzene rings is 1. The van der Waals surface area contributed by atoms with E-state index in [0.29, 0.717) is 0 Å². The van der Waals surface area contributed by atoms with Crippen molar-refractivity contribution in [3.63, 3.8) is 0 Å². The lowest BCUT2D eigenvalue weighted by atomic mass is 10.0. The van der Waals surface area contributed by atoms with Gasteiger partial charge in [-0.05, 0) is 12.5 Å². The molecule has 0 spiro atoms. The van der Waals surface area contributed by atoms with Crippen LogP contribution in [0.15, 0.2) is 42.1 Å². The Labute approximate surface area is 102 Å². The van der Waals surface area contributed by atoms with Crippen LogP contribution in [0.3, 0.4) is 0 Å². The summed E-state index contributed by atoms with van der Waals surface area (Å²) in [6.45, 7) is 7.36. The number of oxime groups is 1. The third-order valence-corrected chi connectivity index (χ3v) is 2.78. The van der Waals surface area contributed by atoms with Crippen LogP contribution in [-0.2, 0) is 4.84 Å². The molecule has 1 aromatic carbocycles. The molecule has 90 valence electrons. The average Bonchev–Trinajstić information content (AvgIpc) is 2.79. The fourth-order valence-electron chi connectivity index (χ4n) is 1.80. The van der Waals surface area contributed by atoms with Gasteiger partial charge in [-0.3, -0.25) is 0 Å². The number of aryl methyl sites for hydroxylation is 1. The van der Waals surface area contributed by atoms with Gasteiger partial charge >= 0.3 is 0 Å². The normalized spacial score (nSPS) is 18.6. The third-order valence-electron chi connectivity index (χ3n) is 2.78. The maximum Gasteiger partial charge on any atom is 0.145 e. The van der Waals surface area contributed by atoms with Crippen molar-refractivity contribution >= 4 is 5.71 Å². The zero-order valence-corrected chi connectivity index (χ0v) is 10.1. The maximum atomic E-state index is 5.39. The molecule has 2 rings (SSSR count). The molecule has 3 heteroatoms. The van der Waals surface area contributed by atoms with Crippen molar-refractivity contribution < 1.29 is 4.84 Å². The summed E-state index contributed by atoms with van der Waals surface area (Å²) < 4.78 is 0. The second kappa shape index (κ2) is 5.64. The first kappa shape index (κ1) is 11.9. The van der Waals surface area contributed by atoms with Gasteiger partial charge in [0.25, 0.3) is 0 Å². The Hall–Kier alpha value is -1.61. The topological polar surface area (TPSA) is 33.6 Å². The molecule has 0 aliphatic carbocycles. The van der Waals surface area contributed by atoms with Crippen LogP contribution in [0.1, 0.15) is 17.5 Å². The van der Waals surface area contributed by atoms with E-state index in [1.807, 2.05) is 6.08 Å². The Morgan fingerprint density at radius 1 is 1.47 bits per heavy atom. The van der Waals surface area contributed by atoms with E-state index in [9.17, 15) is 0 Å². The summed E-state index contributed by atoms with van der Waals surface area (Å²) in [6, 6.07) is 8.39. The molecule has 0 aromatic heterocycles. The van der Waals surface area contributed by atoms with Crippen molar-refractivity contribution in [1.29, 1.82) is 0 Å². The molecule has 1 aliphatic heterocycles. The van der Waals surface area contributed by atoms with Crippen LogP contribution in [0.4, 0.5) is 0 Å². The summed E-state index contributed by atoms with van der Waals surface area (Å²) >= 11 is 0. The van der Waals surface area contributed by atoms with Crippen LogP contribution in [0.25, 0.3) is 0 Å². The van der Waals surface area contributed by atoms with Gasteiger partial charge in [-0.15, -0.1) is 6.58 Å². The minimum Gasteiger partial charge on any atom is -0.390 e. The molecule has 0 fully saturated rings. The Morgan fingerprint density at radius 3 is 2.94 bits per heavy atom. The second-order valence-electron chi connectivity index (χ2n) is 4.28. The Balaban J connectivity index is 1.88. The van der Waals surface area contributed by atoms with Crippen molar-refractivity contribution in [1.82, 2.24) is 5.32 Å². The first-order valence-corrected chi connectivity index (χ1v) is 5.91. The quantitative estimate of drug-likeness (QED) is 0.622. The predicted molar refractivity (Wildman–Crippen MR) is 70.3 cm³/mol. The van der Waals surface area contributed by atoms with Crippen LogP contribution in [-0.4, -0.2) is 24.9 Å². The number of hydrogen-bond acceptors (Lipinski definition) is 3. The highest BCUT2D eigenvalue weighted by molar-refractivity contribution is 6.01. The van der Waals surface area contributed by atoms with E-state index < -0.39 is 0 Å². The molecule has 3 nitrogen and oxygen atoms in total. The van der Waals surface area contributed by atoms with E-state index in [1.165, 1.54) is 5.56 Å². The van der Waals surface area contributed by atoms with Crippen LogP contribution in [0.2, 0.25) is 0 Å². The van der Waals surface area contributed by atoms with Gasteiger partial charge in [0.2, 0.25) is 0 Å². The number of nitrogens with zero attached hydrogens (tertiary/aromatic N) is 1. The maximum absolute atomic E-state index is 5.39. The largest absolute Gasteiger partial charge is 0.390 e. The van der Waals surface area contributed by atoms with E-state index in [1.54, 1.807) is 0 Å². The predicted octanol–water partition coefficient (Wildman–Crippen LogP) is 2.26. The summed E-state index contributed by atoms with van der Waals surface area (Å²) in [4.78, 5) is 5.39. The minimum absolute atomic E-state index is 0.145. The highest BCUT2D eigenvalue weighted by atomic mass is 16.6. The van der Waals surface area contributed by atoms with Crippen molar-refractivity contribution in [2.45, 2.75) is 19.4 Å². The lowest BCUT2D eigenvalue weighted by molar-refractivity contribution is 0.0859. The van der Waals surface area contributed by atoms with Gasteiger partial charge < -0.3 is 10.2 Å². The van der Waals surface area contributed by atoms with E-state index in [-0.39, 0.29) is 6.10 Å². The highest BCUT2D eigenvalue weighted by Gasteiger charge is 2.21. The summed E-state index contributed by atoms with van der Waals surface area (Å²) in [5, 5.41) is 7.39. The van der Waals surface area contributed by atoms with Gasteiger partial charge in [0.05, 0.1) is 5.71 Å². The molecule has 0 bridgehead atoms. The summed E-state index contributed by atoms with van der Waals surface area (Å²) in [5.74, 6) is 0. The molecule has 1 aromatic rings. The molecule has 0 saturated carbocycles. The van der Waals surface area contributed by atoms with Crippen molar-refractivity contribution in [3.8, 4) is 0 Å². The van der Waals surface area contributed by atoms with Crippen molar-refractivity contribution in [2.75, 3.05) is 13.1 Å². The molecular formula is C14H18N2O. The molecule has 0 saturated heterocycles. The minimum atomic E-state index is 0.145. The summed E-state index contributed by atoms with van der Waals surface area (Å²) in [5.41, 5.74) is 3.45. The van der Waals surface area contributed by atoms with Gasteiger partial charge in [-0.2, -0.15) is 0 Å². The summed E-state index contributed by atoms with van der Waals surface area (Å²) in [7, 11) is 0. The van der Waals surface area contributed by atoms with Crippen LogP contribution < -0.4 is 5.32 Å². The molecule has 1 aliphatic rings. The smallest absolute Gasteiger partial charge is 0.145 e. The van der Waals surface area contributed by atoms with Gasteiger partial charge in [0.15, 0.2) is 0 Å². The fourth-order valence-corrected chi connectivity index (χ4v) is 1.80. The van der Waals surface area contributed by atoms with Crippen molar-refractivity contribution in [2.24, 2.45) is 5.16 Å². The number of hydrogen-bond donors (Lipinski definition) is 1. The Morgan fingerprint density at radius 2 is 2.24 bits per heavy atom. The van der Waals surface area contributed by atoms with Gasteiger partial charge in [0.1, 0.15) is 6.10 Å². The zero-order valence-electron chi connectivity index (χ0n) is 10.1. The fraction of sp³-hybridized carbons (Fsp3) is 0.357. The van der Waals surface area contributed by atoms with E-state index in [2.05, 4.69) is 48.2 Å². The second-order valence-corrected chi connectivity index (χ2v) is 4.28. The van der Waals surface area contributed by atoms with E-state index in [0.717, 1.165) is 30.8 Å². The molecule has 1 heterocycles. The molecule has 0 amide bonds. The zero-order chi connectivity index (χ0) is 12.1. The lowest BCUT2D eigenvalue weighted by Gasteiger charge is -2.07. The van der Waals surface area contributed by atoms with Gasteiger partial charge in [0, 0.05) is 19.5 Å². The average molecular weight is 230 g/mol. The summed E-state index contributed by atoms with van der Waals surface area (Å²) in [6.07, 6.45) is 2.86. The van der Waals surface area contributed by atoms with Crippen LogP contribution >= 0.6 is 0 Å². The SMILES string of the molecule is C=CCNC[C@H]1CC(c2ccc(C)cc2)=NO1. The van der Waals surface area contributed by atoms with Gasteiger partial charge in [-0.25, -0.2) is 0 Å². The Kier molecular flexibility index (Phi) is 3.94. The first-order valence-electron chi connectivity index (χ1n) is 5.91. The number of rotatable bonds is 5. The van der Waals surface area contributed by atoms with E-state index in [4.69, 9.17) is 4.84 Å². The molecule has 0 unspecified atom stereocenters. The number of nitrogens with one attached hydrogen (secondary N) is 1. The molecule has 17 heavy (non-hydrogen) atoms. The van der Waals surface area contributed by atoms with Gasteiger partial charge in [-0.1, -0.05) is 41.1 Å². The molecule has 1 N–H and O–H groups in total. The monoisotopic (exact) mass is 230 g/mol. The molecular weight excluding hydrogens is 212 g/mol.